The number of rotatable bonds is 2. The molecule has 2 aromatic heterocycles. The van der Waals surface area contributed by atoms with Crippen molar-refractivity contribution in [2.45, 2.75) is 39.0 Å². The quantitative estimate of drug-likeness (QED) is 0.331. The van der Waals surface area contributed by atoms with Gasteiger partial charge in [-0.3, -0.25) is 9.78 Å². The van der Waals surface area contributed by atoms with Gasteiger partial charge in [0, 0.05) is 39.1 Å². The number of benzene rings is 2. The highest BCUT2D eigenvalue weighted by Crippen LogP contribution is 2.51. The van der Waals surface area contributed by atoms with Gasteiger partial charge in [0.1, 0.15) is 11.9 Å². The molecule has 0 aliphatic heterocycles. The lowest BCUT2D eigenvalue weighted by Gasteiger charge is -2.45. The number of carbonyl (C=O) groups excluding carboxylic acids is 1. The first-order valence-electron chi connectivity index (χ1n) is 12.5. The van der Waals surface area contributed by atoms with Gasteiger partial charge in [0.2, 0.25) is 0 Å². The van der Waals surface area contributed by atoms with Crippen LogP contribution in [-0.4, -0.2) is 20.7 Å². The zero-order valence-electron chi connectivity index (χ0n) is 20.9. The molecular formula is C31H25FN4O. The van der Waals surface area contributed by atoms with Crippen molar-refractivity contribution in [3.8, 4) is 28.7 Å². The Bertz CT molecular complexity index is 1670. The third-order valence-electron chi connectivity index (χ3n) is 8.04. The van der Waals surface area contributed by atoms with Crippen molar-refractivity contribution in [2.75, 3.05) is 0 Å². The van der Waals surface area contributed by atoms with Crippen LogP contribution in [0.3, 0.4) is 0 Å². The molecule has 4 aromatic rings. The second-order valence-corrected chi connectivity index (χ2v) is 10.3. The number of allylic oxidation sites excluding steroid dienone is 2. The van der Waals surface area contributed by atoms with Crippen LogP contribution in [-0.2, 0) is 16.6 Å². The van der Waals surface area contributed by atoms with E-state index in [2.05, 4.69) is 18.0 Å². The van der Waals surface area contributed by atoms with Gasteiger partial charge in [0.25, 0.3) is 0 Å². The van der Waals surface area contributed by atoms with Crippen molar-refractivity contribution < 1.29 is 9.18 Å². The molecule has 37 heavy (non-hydrogen) atoms. The maximum absolute atomic E-state index is 13.8. The van der Waals surface area contributed by atoms with Crippen LogP contribution in [0.25, 0.3) is 33.5 Å². The predicted octanol–water partition coefficient (Wildman–Crippen LogP) is 6.30. The van der Waals surface area contributed by atoms with Crippen molar-refractivity contribution in [2.24, 2.45) is 11.8 Å². The predicted molar refractivity (Wildman–Crippen MR) is 140 cm³/mol. The van der Waals surface area contributed by atoms with Crippen LogP contribution in [0.2, 0.25) is 0 Å². The highest BCUT2D eigenvalue weighted by Gasteiger charge is 2.49. The molecule has 6 rings (SSSR count). The van der Waals surface area contributed by atoms with Crippen molar-refractivity contribution in [1.82, 2.24) is 15.0 Å². The first-order chi connectivity index (χ1) is 17.8. The fourth-order valence-electron chi connectivity index (χ4n) is 6.23. The zero-order chi connectivity index (χ0) is 25.9. The lowest BCUT2D eigenvalue weighted by molar-refractivity contribution is -0.121. The van der Waals surface area contributed by atoms with E-state index < -0.39 is 5.41 Å². The molecular weight excluding hydrogens is 463 g/mol. The number of aryl methyl sites for hydroxylation is 1. The highest BCUT2D eigenvalue weighted by molar-refractivity contribution is 6.02. The van der Waals surface area contributed by atoms with Crippen LogP contribution in [0.5, 0.6) is 0 Å². The van der Waals surface area contributed by atoms with Gasteiger partial charge in [0.05, 0.1) is 22.5 Å². The molecule has 0 fully saturated rings. The van der Waals surface area contributed by atoms with E-state index in [9.17, 15) is 14.4 Å². The topological polar surface area (TPSA) is 79.5 Å². The average Bonchev–Trinajstić information content (AvgIpc) is 2.90. The second kappa shape index (κ2) is 8.41. The van der Waals surface area contributed by atoms with Gasteiger partial charge in [0.15, 0.2) is 11.6 Å². The molecule has 2 aliphatic carbocycles. The summed E-state index contributed by atoms with van der Waals surface area (Å²) in [5.74, 6) is -0.120. The van der Waals surface area contributed by atoms with Crippen molar-refractivity contribution in [3.05, 3.63) is 89.0 Å². The van der Waals surface area contributed by atoms with E-state index in [-0.39, 0.29) is 29.0 Å². The number of Topliss-reactive ketones (excluding diaryl/α,β-unsaturated/α-hetero) is 1. The number of carbonyl (C=O) groups is 1. The van der Waals surface area contributed by atoms with Gasteiger partial charge in [-0.2, -0.15) is 5.26 Å². The van der Waals surface area contributed by atoms with Crippen LogP contribution in [0, 0.1) is 35.9 Å². The van der Waals surface area contributed by atoms with Crippen LogP contribution in [0.1, 0.15) is 37.2 Å². The molecule has 5 nitrogen and oxygen atoms in total. The summed E-state index contributed by atoms with van der Waals surface area (Å²) in [7, 11) is 0. The fourth-order valence-corrected chi connectivity index (χ4v) is 6.23. The van der Waals surface area contributed by atoms with Crippen LogP contribution >= 0.6 is 0 Å². The number of fused-ring (bicyclic) bond motifs is 4. The molecule has 0 radical (unpaired) electrons. The zero-order valence-corrected chi connectivity index (χ0v) is 20.9. The Hall–Kier alpha value is -4.24. The van der Waals surface area contributed by atoms with Crippen LogP contribution in [0.15, 0.2) is 66.2 Å². The number of hydrogen-bond donors (Lipinski definition) is 0. The standard InChI is InChI=1S/C31H25FN4O/c1-17-14-24(22-6-4-5-7-26(22)34-17)30-35-27(19-8-10-21(32)11-9-19)23-12-13-25-18(2)28(37)20(16-33)15-31(25,3)29(23)36-30/h4-11,14-15,18,25H,12-13H2,1-3H3/t18?,25?,31-/m1/s1. The van der Waals surface area contributed by atoms with Gasteiger partial charge >= 0.3 is 0 Å². The number of pyridine rings is 1. The van der Waals surface area contributed by atoms with Crippen LogP contribution < -0.4 is 0 Å². The smallest absolute Gasteiger partial charge is 0.176 e. The molecule has 0 spiro atoms. The van der Waals surface area contributed by atoms with Crippen molar-refractivity contribution in [1.29, 1.82) is 5.26 Å². The molecule has 2 unspecified atom stereocenters. The summed E-state index contributed by atoms with van der Waals surface area (Å²) in [5.41, 5.74) is 5.53. The van der Waals surface area contributed by atoms with Gasteiger partial charge in [-0.25, -0.2) is 14.4 Å². The lowest BCUT2D eigenvalue weighted by Crippen LogP contribution is -2.46. The summed E-state index contributed by atoms with van der Waals surface area (Å²) in [6.45, 7) is 5.95. The van der Waals surface area contributed by atoms with Gasteiger partial charge in [-0.1, -0.05) is 38.1 Å². The summed E-state index contributed by atoms with van der Waals surface area (Å²) < 4.78 is 13.8. The maximum Gasteiger partial charge on any atom is 0.176 e. The van der Waals surface area contributed by atoms with Gasteiger partial charge < -0.3 is 0 Å². The highest BCUT2D eigenvalue weighted by atomic mass is 19.1. The summed E-state index contributed by atoms with van der Waals surface area (Å²) >= 11 is 0. The summed E-state index contributed by atoms with van der Waals surface area (Å²) in [6.07, 6.45) is 3.30. The van der Waals surface area contributed by atoms with Crippen LogP contribution in [0.4, 0.5) is 4.39 Å². The molecule has 2 aliphatic rings. The van der Waals surface area contributed by atoms with E-state index in [0.717, 1.165) is 51.1 Å². The van der Waals surface area contributed by atoms with Crippen molar-refractivity contribution in [3.63, 3.8) is 0 Å². The van der Waals surface area contributed by atoms with E-state index in [0.29, 0.717) is 12.2 Å². The first kappa shape index (κ1) is 23.2. The SMILES string of the molecule is Cc1cc(-c2nc(-c3ccc(F)cc3)c3c(n2)[C@]2(C)C=C(C#N)C(=O)C(C)C2CC3)c2ccccc2n1. The molecule has 2 aromatic carbocycles. The van der Waals surface area contributed by atoms with E-state index in [1.807, 2.05) is 50.3 Å². The van der Waals surface area contributed by atoms with E-state index >= 15 is 0 Å². The monoisotopic (exact) mass is 488 g/mol. The minimum atomic E-state index is -0.615. The van der Waals surface area contributed by atoms with Gasteiger partial charge in [-0.15, -0.1) is 0 Å². The Balaban J connectivity index is 1.69. The molecule has 0 amide bonds. The number of halogens is 1. The number of nitrogens with zero attached hydrogens (tertiary/aromatic N) is 4. The summed E-state index contributed by atoms with van der Waals surface area (Å²) in [4.78, 5) is 27.8. The Kier molecular flexibility index (Phi) is 5.27. The minimum Gasteiger partial charge on any atom is -0.293 e. The summed E-state index contributed by atoms with van der Waals surface area (Å²) in [5, 5.41) is 10.7. The minimum absolute atomic E-state index is 0.0179. The third kappa shape index (κ3) is 3.57. The summed E-state index contributed by atoms with van der Waals surface area (Å²) in [6, 6.07) is 18.4. The fraction of sp³-hybridized carbons (Fsp3) is 0.258. The number of ketones is 1. The first-order valence-corrected chi connectivity index (χ1v) is 12.5. The molecule has 6 heteroatoms. The molecule has 0 bridgehead atoms. The molecule has 0 N–H and O–H groups in total. The average molecular weight is 489 g/mol. The molecule has 3 atom stereocenters. The Morgan fingerprint density at radius 2 is 1.84 bits per heavy atom. The number of nitriles is 1. The molecule has 182 valence electrons. The van der Waals surface area contributed by atoms with E-state index in [1.54, 1.807) is 12.1 Å². The Morgan fingerprint density at radius 1 is 1.08 bits per heavy atom. The second-order valence-electron chi connectivity index (χ2n) is 10.3. The number of aromatic nitrogens is 3. The van der Waals surface area contributed by atoms with Gasteiger partial charge in [-0.05, 0) is 62.1 Å². The lowest BCUT2D eigenvalue weighted by atomic mass is 9.57. The van der Waals surface area contributed by atoms with Crippen molar-refractivity contribution >= 4 is 16.7 Å². The Labute approximate surface area is 214 Å². The molecule has 0 saturated carbocycles. The largest absolute Gasteiger partial charge is 0.293 e. The Morgan fingerprint density at radius 3 is 2.59 bits per heavy atom. The molecule has 0 saturated heterocycles. The normalized spacial score (nSPS) is 22.7. The van der Waals surface area contributed by atoms with E-state index in [4.69, 9.17) is 9.97 Å². The maximum atomic E-state index is 13.8. The molecule has 2 heterocycles. The number of hydrogen-bond acceptors (Lipinski definition) is 5. The number of para-hydroxylation sites is 1. The van der Waals surface area contributed by atoms with E-state index in [1.165, 1.54) is 12.1 Å². The third-order valence-corrected chi connectivity index (χ3v) is 8.04.